The number of aliphatic imine (C=N–C) groups is 1. The van der Waals surface area contributed by atoms with Gasteiger partial charge in [0.15, 0.2) is 5.96 Å². The fraction of sp³-hybridized carbons (Fsp3) is 0.533. The molecule has 0 aliphatic heterocycles. The van der Waals surface area contributed by atoms with Crippen LogP contribution in [0.3, 0.4) is 0 Å². The Morgan fingerprint density at radius 3 is 2.80 bits per heavy atom. The topological polar surface area (TPSA) is 50.4 Å². The number of halogens is 2. The predicted molar refractivity (Wildman–Crippen MR) is 76.6 cm³/mol. The van der Waals surface area contributed by atoms with Crippen molar-refractivity contribution in [1.29, 1.82) is 0 Å². The van der Waals surface area contributed by atoms with Crippen LogP contribution >= 0.6 is 0 Å². The molecule has 1 unspecified atom stereocenters. The molecule has 0 saturated heterocycles. The Labute approximate surface area is 118 Å². The number of nitrogens with zero attached hydrogens (tertiary/aromatic N) is 1. The van der Waals surface area contributed by atoms with E-state index >= 15 is 0 Å². The minimum Gasteiger partial charge on any atom is -0.370 e. The van der Waals surface area contributed by atoms with Gasteiger partial charge in [0.05, 0.1) is 0 Å². The zero-order chi connectivity index (χ0) is 14.5. The van der Waals surface area contributed by atoms with Gasteiger partial charge in [-0.15, -0.1) is 0 Å². The molecule has 0 amide bonds. The van der Waals surface area contributed by atoms with Crippen LogP contribution in [0.25, 0.3) is 0 Å². The third-order valence-electron chi connectivity index (χ3n) is 3.83. The lowest BCUT2D eigenvalue weighted by Gasteiger charge is -2.25. The number of rotatable bonds is 5. The van der Waals surface area contributed by atoms with E-state index in [1.807, 2.05) is 6.92 Å². The molecule has 0 radical (unpaired) electrons. The van der Waals surface area contributed by atoms with Crippen LogP contribution in [0.4, 0.5) is 8.78 Å². The number of hydrogen-bond acceptors (Lipinski definition) is 1. The van der Waals surface area contributed by atoms with Crippen molar-refractivity contribution < 1.29 is 8.78 Å². The Hall–Kier alpha value is -1.65. The second-order valence-electron chi connectivity index (χ2n) is 5.47. The first-order valence-corrected chi connectivity index (χ1v) is 7.05. The normalized spacial score (nSPS) is 17.6. The minimum absolute atomic E-state index is 0.139. The Bertz CT molecular complexity index is 484. The summed E-state index contributed by atoms with van der Waals surface area (Å²) in [6, 6.07) is 3.62. The van der Waals surface area contributed by atoms with E-state index in [2.05, 4.69) is 10.3 Å². The van der Waals surface area contributed by atoms with Gasteiger partial charge in [-0.2, -0.15) is 0 Å². The molecular formula is C15H21F2N3. The van der Waals surface area contributed by atoms with E-state index in [4.69, 9.17) is 5.73 Å². The van der Waals surface area contributed by atoms with Crippen LogP contribution in [-0.4, -0.2) is 19.0 Å². The molecule has 0 spiro atoms. The average molecular weight is 281 g/mol. The fourth-order valence-corrected chi connectivity index (χ4v) is 2.24. The van der Waals surface area contributed by atoms with Gasteiger partial charge in [-0.25, -0.2) is 8.78 Å². The van der Waals surface area contributed by atoms with Gasteiger partial charge in [0.25, 0.3) is 0 Å². The maximum Gasteiger partial charge on any atom is 0.188 e. The first-order chi connectivity index (χ1) is 9.56. The highest BCUT2D eigenvalue weighted by Crippen LogP contribution is 2.25. The van der Waals surface area contributed by atoms with Gasteiger partial charge in [0.2, 0.25) is 0 Å². The largest absolute Gasteiger partial charge is 0.370 e. The summed E-state index contributed by atoms with van der Waals surface area (Å²) in [7, 11) is 0. The van der Waals surface area contributed by atoms with Crippen molar-refractivity contribution in [1.82, 2.24) is 5.32 Å². The molecule has 0 heterocycles. The van der Waals surface area contributed by atoms with E-state index < -0.39 is 11.6 Å². The van der Waals surface area contributed by atoms with E-state index in [1.165, 1.54) is 31.4 Å². The molecule has 3 N–H and O–H groups in total. The quantitative estimate of drug-likeness (QED) is 0.644. The summed E-state index contributed by atoms with van der Waals surface area (Å²) < 4.78 is 26.4. The Kier molecular flexibility index (Phi) is 4.93. The predicted octanol–water partition coefficient (Wildman–Crippen LogP) is 2.77. The molecule has 1 saturated carbocycles. The second kappa shape index (κ2) is 6.68. The number of nitrogens with one attached hydrogen (secondary N) is 1. The molecule has 1 aromatic rings. The van der Waals surface area contributed by atoms with Crippen LogP contribution < -0.4 is 11.1 Å². The highest BCUT2D eigenvalue weighted by Gasteiger charge is 2.17. The molecule has 5 heteroatoms. The van der Waals surface area contributed by atoms with Crippen molar-refractivity contribution >= 4 is 5.96 Å². The zero-order valence-corrected chi connectivity index (χ0v) is 11.7. The molecule has 110 valence electrons. The second-order valence-corrected chi connectivity index (χ2v) is 5.47. The Balaban J connectivity index is 1.84. The van der Waals surface area contributed by atoms with Gasteiger partial charge in [-0.3, -0.25) is 4.99 Å². The monoisotopic (exact) mass is 281 g/mol. The van der Waals surface area contributed by atoms with Crippen molar-refractivity contribution in [2.45, 2.75) is 32.1 Å². The maximum atomic E-state index is 13.6. The van der Waals surface area contributed by atoms with Gasteiger partial charge in [0, 0.05) is 25.1 Å². The lowest BCUT2D eigenvalue weighted by Crippen LogP contribution is -2.37. The summed E-state index contributed by atoms with van der Waals surface area (Å²) in [4.78, 5) is 4.22. The van der Waals surface area contributed by atoms with Crippen molar-refractivity contribution in [3.63, 3.8) is 0 Å². The highest BCUT2D eigenvalue weighted by atomic mass is 19.1. The molecule has 0 aromatic heterocycles. The Morgan fingerprint density at radius 2 is 2.20 bits per heavy atom. The number of nitrogens with two attached hydrogens (primary N) is 1. The van der Waals surface area contributed by atoms with Crippen LogP contribution in [0.15, 0.2) is 23.2 Å². The lowest BCUT2D eigenvalue weighted by atomic mass is 9.85. The summed E-state index contributed by atoms with van der Waals surface area (Å²) in [6.45, 7) is 3.08. The molecule has 2 rings (SSSR count). The van der Waals surface area contributed by atoms with Gasteiger partial charge < -0.3 is 11.1 Å². The summed E-state index contributed by atoms with van der Waals surface area (Å²) in [5.74, 6) is -0.140. The van der Waals surface area contributed by atoms with E-state index in [0.717, 1.165) is 12.6 Å². The van der Waals surface area contributed by atoms with Gasteiger partial charge >= 0.3 is 0 Å². The van der Waals surface area contributed by atoms with Gasteiger partial charge in [-0.1, -0.05) is 19.4 Å². The summed E-state index contributed by atoms with van der Waals surface area (Å²) >= 11 is 0. The first kappa shape index (κ1) is 14.8. The third-order valence-corrected chi connectivity index (χ3v) is 3.83. The SMILES string of the molecule is CC(CN=C(N)NCC1CCC1)c1ccc(F)cc1F. The van der Waals surface area contributed by atoms with Crippen molar-refractivity contribution in [2.75, 3.05) is 13.1 Å². The van der Waals surface area contributed by atoms with Crippen LogP contribution in [-0.2, 0) is 0 Å². The molecular weight excluding hydrogens is 260 g/mol. The van der Waals surface area contributed by atoms with E-state index in [0.29, 0.717) is 24.0 Å². The molecule has 1 atom stereocenters. The van der Waals surface area contributed by atoms with Crippen LogP contribution in [0.5, 0.6) is 0 Å². The van der Waals surface area contributed by atoms with Gasteiger partial charge in [0.1, 0.15) is 11.6 Å². The summed E-state index contributed by atoms with van der Waals surface area (Å²) in [5, 5.41) is 3.09. The van der Waals surface area contributed by atoms with Crippen LogP contribution in [0.1, 0.15) is 37.7 Å². The molecule has 20 heavy (non-hydrogen) atoms. The number of hydrogen-bond donors (Lipinski definition) is 2. The molecule has 1 aliphatic carbocycles. The summed E-state index contributed by atoms with van der Waals surface area (Å²) in [5.41, 5.74) is 6.23. The van der Waals surface area contributed by atoms with Gasteiger partial charge in [-0.05, 0) is 30.4 Å². The standard InChI is InChI=1S/C15H21F2N3/c1-10(13-6-5-12(16)7-14(13)17)8-19-15(18)20-9-11-3-2-4-11/h5-7,10-11H,2-4,8-9H2,1H3,(H3,18,19,20). The maximum absolute atomic E-state index is 13.6. The van der Waals surface area contributed by atoms with Crippen LogP contribution in [0.2, 0.25) is 0 Å². The fourth-order valence-electron chi connectivity index (χ4n) is 2.24. The average Bonchev–Trinajstić information content (AvgIpc) is 2.34. The Morgan fingerprint density at radius 1 is 1.45 bits per heavy atom. The molecule has 3 nitrogen and oxygen atoms in total. The molecule has 1 aromatic carbocycles. The molecule has 0 bridgehead atoms. The first-order valence-electron chi connectivity index (χ1n) is 7.05. The number of guanidine groups is 1. The van der Waals surface area contributed by atoms with E-state index in [-0.39, 0.29) is 5.92 Å². The lowest BCUT2D eigenvalue weighted by molar-refractivity contribution is 0.315. The van der Waals surface area contributed by atoms with Crippen molar-refractivity contribution in [3.8, 4) is 0 Å². The molecule has 1 aliphatic rings. The zero-order valence-electron chi connectivity index (χ0n) is 11.7. The molecule has 1 fully saturated rings. The highest BCUT2D eigenvalue weighted by molar-refractivity contribution is 5.77. The summed E-state index contributed by atoms with van der Waals surface area (Å²) in [6.07, 6.45) is 3.79. The smallest absolute Gasteiger partial charge is 0.188 e. The van der Waals surface area contributed by atoms with Crippen molar-refractivity contribution in [2.24, 2.45) is 16.6 Å². The number of benzene rings is 1. The third kappa shape index (κ3) is 3.92. The van der Waals surface area contributed by atoms with Crippen molar-refractivity contribution in [3.05, 3.63) is 35.4 Å². The minimum atomic E-state index is -0.566. The van der Waals surface area contributed by atoms with Crippen LogP contribution in [0, 0.1) is 17.6 Å². The van der Waals surface area contributed by atoms with E-state index in [1.54, 1.807) is 0 Å². The van der Waals surface area contributed by atoms with E-state index in [9.17, 15) is 8.78 Å².